The van der Waals surface area contributed by atoms with Gasteiger partial charge < -0.3 is 4.90 Å². The normalized spacial score (nSPS) is 15.9. The van der Waals surface area contributed by atoms with Gasteiger partial charge in [0.25, 0.3) is 5.56 Å². The highest BCUT2D eigenvalue weighted by Gasteiger charge is 2.31. The zero-order valence-corrected chi connectivity index (χ0v) is 8.17. The third-order valence-corrected chi connectivity index (χ3v) is 2.44. The SMILES string of the molecule is C=CC(=O)N1CC(n2ncccc2=O)C1. The van der Waals surface area contributed by atoms with Crippen LogP contribution in [0.15, 0.2) is 35.8 Å². The third kappa shape index (κ3) is 1.68. The molecule has 1 aromatic rings. The van der Waals surface area contributed by atoms with Gasteiger partial charge in [-0.2, -0.15) is 5.10 Å². The molecule has 0 aromatic carbocycles. The maximum atomic E-state index is 11.4. The molecule has 1 aliphatic heterocycles. The van der Waals surface area contributed by atoms with Gasteiger partial charge in [-0.05, 0) is 12.1 Å². The molecule has 2 heterocycles. The highest BCUT2D eigenvalue weighted by molar-refractivity contribution is 5.87. The average Bonchev–Trinajstić information content (AvgIpc) is 2.18. The maximum Gasteiger partial charge on any atom is 0.267 e. The summed E-state index contributed by atoms with van der Waals surface area (Å²) < 4.78 is 1.41. The smallest absolute Gasteiger partial charge is 0.267 e. The van der Waals surface area contributed by atoms with Crippen LogP contribution in [0.25, 0.3) is 0 Å². The monoisotopic (exact) mass is 205 g/mol. The lowest BCUT2D eigenvalue weighted by molar-refractivity contribution is -0.131. The molecule has 0 N–H and O–H groups in total. The van der Waals surface area contributed by atoms with Crippen LogP contribution in [0.3, 0.4) is 0 Å². The van der Waals surface area contributed by atoms with E-state index in [4.69, 9.17) is 0 Å². The van der Waals surface area contributed by atoms with E-state index < -0.39 is 0 Å². The number of amides is 1. The predicted molar refractivity (Wildman–Crippen MR) is 54.3 cm³/mol. The van der Waals surface area contributed by atoms with Gasteiger partial charge in [-0.1, -0.05) is 6.58 Å². The van der Waals surface area contributed by atoms with Crippen LogP contribution >= 0.6 is 0 Å². The second-order valence-electron chi connectivity index (χ2n) is 3.41. The van der Waals surface area contributed by atoms with E-state index >= 15 is 0 Å². The summed E-state index contributed by atoms with van der Waals surface area (Å²) in [7, 11) is 0. The van der Waals surface area contributed by atoms with Crippen molar-refractivity contribution in [3.05, 3.63) is 41.3 Å². The molecule has 1 aromatic heterocycles. The van der Waals surface area contributed by atoms with Gasteiger partial charge in [0.15, 0.2) is 0 Å². The minimum Gasteiger partial charge on any atom is -0.335 e. The summed E-state index contributed by atoms with van der Waals surface area (Å²) >= 11 is 0. The quantitative estimate of drug-likeness (QED) is 0.629. The number of likely N-dealkylation sites (tertiary alicyclic amines) is 1. The van der Waals surface area contributed by atoms with Crippen molar-refractivity contribution in [2.75, 3.05) is 13.1 Å². The highest BCUT2D eigenvalue weighted by atomic mass is 16.2. The fraction of sp³-hybridized carbons (Fsp3) is 0.300. The Labute approximate surface area is 86.6 Å². The largest absolute Gasteiger partial charge is 0.335 e. The number of carbonyl (C=O) groups is 1. The first-order valence-corrected chi connectivity index (χ1v) is 4.67. The van der Waals surface area contributed by atoms with Gasteiger partial charge in [0, 0.05) is 25.4 Å². The topological polar surface area (TPSA) is 55.2 Å². The van der Waals surface area contributed by atoms with Crippen LogP contribution < -0.4 is 5.56 Å². The van der Waals surface area contributed by atoms with Gasteiger partial charge >= 0.3 is 0 Å². The van der Waals surface area contributed by atoms with Gasteiger partial charge in [-0.15, -0.1) is 0 Å². The van der Waals surface area contributed by atoms with E-state index in [1.807, 2.05) is 0 Å². The van der Waals surface area contributed by atoms with Crippen molar-refractivity contribution in [2.45, 2.75) is 6.04 Å². The van der Waals surface area contributed by atoms with Crippen LogP contribution in [0.4, 0.5) is 0 Å². The molecular weight excluding hydrogens is 194 g/mol. The second-order valence-corrected chi connectivity index (χ2v) is 3.41. The minimum atomic E-state index is -0.131. The van der Waals surface area contributed by atoms with Crippen molar-refractivity contribution in [1.29, 1.82) is 0 Å². The standard InChI is InChI=1S/C10H11N3O2/c1-2-9(14)12-6-8(7-12)13-10(15)4-3-5-11-13/h2-5,8H,1,6-7H2. The van der Waals surface area contributed by atoms with Gasteiger partial charge in [0.05, 0.1) is 6.04 Å². The predicted octanol–water partition coefficient (Wildman–Crippen LogP) is -0.187. The molecule has 78 valence electrons. The summed E-state index contributed by atoms with van der Waals surface area (Å²) in [6.45, 7) is 4.46. The molecule has 0 spiro atoms. The van der Waals surface area contributed by atoms with Gasteiger partial charge in [-0.3, -0.25) is 9.59 Å². The summed E-state index contributed by atoms with van der Waals surface area (Å²) in [5.41, 5.74) is -0.131. The first-order chi connectivity index (χ1) is 7.22. The number of hydrogen-bond acceptors (Lipinski definition) is 3. The number of hydrogen-bond donors (Lipinski definition) is 0. The summed E-state index contributed by atoms with van der Waals surface area (Å²) in [5.74, 6) is -0.102. The Hall–Kier alpha value is -1.91. The molecule has 1 fully saturated rings. The minimum absolute atomic E-state index is 0.00241. The van der Waals surface area contributed by atoms with E-state index in [1.165, 1.54) is 16.8 Å². The van der Waals surface area contributed by atoms with E-state index in [1.54, 1.807) is 17.2 Å². The van der Waals surface area contributed by atoms with E-state index in [9.17, 15) is 9.59 Å². The summed E-state index contributed by atoms with van der Waals surface area (Å²) in [6.07, 6.45) is 2.84. The Morgan fingerprint density at radius 2 is 2.33 bits per heavy atom. The van der Waals surface area contributed by atoms with Crippen LogP contribution in [0.1, 0.15) is 6.04 Å². The van der Waals surface area contributed by atoms with Crippen molar-refractivity contribution >= 4 is 5.91 Å². The summed E-state index contributed by atoms with van der Waals surface area (Å²) in [6, 6.07) is 3.07. The molecule has 0 atom stereocenters. The van der Waals surface area contributed by atoms with Crippen molar-refractivity contribution < 1.29 is 4.79 Å². The highest BCUT2D eigenvalue weighted by Crippen LogP contribution is 2.18. The van der Waals surface area contributed by atoms with E-state index in [0.29, 0.717) is 13.1 Å². The zero-order valence-electron chi connectivity index (χ0n) is 8.17. The molecule has 15 heavy (non-hydrogen) atoms. The molecule has 2 rings (SSSR count). The Balaban J connectivity index is 2.07. The van der Waals surface area contributed by atoms with Crippen LogP contribution in [0.5, 0.6) is 0 Å². The molecule has 0 radical (unpaired) electrons. The molecule has 5 heteroatoms. The van der Waals surface area contributed by atoms with Crippen LogP contribution in [0.2, 0.25) is 0 Å². The average molecular weight is 205 g/mol. The lowest BCUT2D eigenvalue weighted by Crippen LogP contribution is -2.52. The van der Waals surface area contributed by atoms with Gasteiger partial charge in [0.2, 0.25) is 5.91 Å². The molecule has 0 bridgehead atoms. The maximum absolute atomic E-state index is 11.4. The lowest BCUT2D eigenvalue weighted by atomic mass is 10.1. The molecule has 1 saturated heterocycles. The van der Waals surface area contributed by atoms with Crippen LogP contribution in [0, 0.1) is 0 Å². The third-order valence-electron chi connectivity index (χ3n) is 2.44. The second kappa shape index (κ2) is 3.68. The van der Waals surface area contributed by atoms with E-state index in [-0.39, 0.29) is 17.5 Å². The zero-order chi connectivity index (χ0) is 10.8. The number of carbonyl (C=O) groups excluding carboxylic acids is 1. The summed E-state index contributed by atoms with van der Waals surface area (Å²) in [5, 5.41) is 3.96. The Kier molecular flexibility index (Phi) is 2.37. The molecule has 1 aliphatic rings. The molecule has 0 unspecified atom stereocenters. The molecular formula is C10H11N3O2. The number of nitrogens with zero attached hydrogens (tertiary/aromatic N) is 3. The molecule has 0 saturated carbocycles. The molecule has 1 amide bonds. The number of aromatic nitrogens is 2. The Morgan fingerprint density at radius 1 is 1.60 bits per heavy atom. The fourth-order valence-electron chi connectivity index (χ4n) is 1.56. The van der Waals surface area contributed by atoms with Crippen LogP contribution in [-0.4, -0.2) is 33.7 Å². The van der Waals surface area contributed by atoms with Crippen molar-refractivity contribution in [2.24, 2.45) is 0 Å². The fourth-order valence-corrected chi connectivity index (χ4v) is 1.56. The molecule has 0 aliphatic carbocycles. The van der Waals surface area contributed by atoms with Crippen molar-refractivity contribution in [3.8, 4) is 0 Å². The first-order valence-electron chi connectivity index (χ1n) is 4.67. The number of rotatable bonds is 2. The lowest BCUT2D eigenvalue weighted by Gasteiger charge is -2.38. The molecule has 5 nitrogen and oxygen atoms in total. The Bertz CT molecular complexity index is 446. The van der Waals surface area contributed by atoms with E-state index in [0.717, 1.165) is 0 Å². The van der Waals surface area contributed by atoms with Crippen molar-refractivity contribution in [1.82, 2.24) is 14.7 Å². The van der Waals surface area contributed by atoms with Gasteiger partial charge in [0.1, 0.15) is 0 Å². The van der Waals surface area contributed by atoms with Crippen molar-refractivity contribution in [3.63, 3.8) is 0 Å². The van der Waals surface area contributed by atoms with E-state index in [2.05, 4.69) is 11.7 Å². The van der Waals surface area contributed by atoms with Gasteiger partial charge in [-0.25, -0.2) is 4.68 Å². The first kappa shape index (κ1) is 9.64. The Morgan fingerprint density at radius 3 is 2.93 bits per heavy atom. The summed E-state index contributed by atoms with van der Waals surface area (Å²) in [4.78, 5) is 24.2. The van der Waals surface area contributed by atoms with Crippen LogP contribution in [-0.2, 0) is 4.79 Å².